The maximum Gasteiger partial charge on any atom is 0.228 e. The minimum Gasteiger partial charge on any atom is -0.496 e. The van der Waals surface area contributed by atoms with Crippen molar-refractivity contribution in [1.82, 2.24) is 0 Å². The number of carbonyl (C=O) groups excluding carboxylic acids is 1. The molecule has 0 atom stereocenters. The van der Waals surface area contributed by atoms with E-state index >= 15 is 0 Å². The summed E-state index contributed by atoms with van der Waals surface area (Å²) in [6.07, 6.45) is 0.238. The van der Waals surface area contributed by atoms with Gasteiger partial charge in [0.1, 0.15) is 5.75 Å². The maximum atomic E-state index is 12.2. The molecule has 3 nitrogen and oxygen atoms in total. The number of methoxy groups -OCH3 is 1. The maximum absolute atomic E-state index is 12.2. The summed E-state index contributed by atoms with van der Waals surface area (Å²) in [5, 5.41) is 3.47. The highest BCUT2D eigenvalue weighted by Gasteiger charge is 2.11. The number of anilines is 1. The number of para-hydroxylation sites is 1. The second-order valence-corrected chi connectivity index (χ2v) is 5.88. The van der Waals surface area contributed by atoms with E-state index < -0.39 is 0 Å². The number of aryl methyl sites for hydroxylation is 1. The van der Waals surface area contributed by atoms with E-state index in [0.717, 1.165) is 15.6 Å². The van der Waals surface area contributed by atoms with Gasteiger partial charge in [-0.3, -0.25) is 4.79 Å². The van der Waals surface area contributed by atoms with Crippen molar-refractivity contribution in [3.05, 3.63) is 57.0 Å². The van der Waals surface area contributed by atoms with Crippen LogP contribution in [0.15, 0.2) is 40.9 Å². The molecule has 1 amide bonds. The molecule has 0 bridgehead atoms. The van der Waals surface area contributed by atoms with Crippen molar-refractivity contribution < 1.29 is 9.53 Å². The topological polar surface area (TPSA) is 38.3 Å². The molecule has 5 heteroatoms. The highest BCUT2D eigenvalue weighted by atomic mass is 79.9. The Kier molecular flexibility index (Phi) is 5.26. The van der Waals surface area contributed by atoms with Crippen molar-refractivity contribution in [2.45, 2.75) is 13.3 Å². The summed E-state index contributed by atoms with van der Waals surface area (Å²) < 4.78 is 6.05. The quantitative estimate of drug-likeness (QED) is 0.856. The lowest BCUT2D eigenvalue weighted by molar-refractivity contribution is -0.115. The van der Waals surface area contributed by atoms with Gasteiger partial charge in [0.2, 0.25) is 5.91 Å². The molecule has 0 spiro atoms. The van der Waals surface area contributed by atoms with Crippen molar-refractivity contribution in [3.8, 4) is 5.75 Å². The summed E-state index contributed by atoms with van der Waals surface area (Å²) in [7, 11) is 1.59. The molecule has 0 aliphatic rings. The SMILES string of the molecule is COc1ccccc1CC(=O)Nc1cc(Cl)c(C)cc1Br. The van der Waals surface area contributed by atoms with Crippen LogP contribution in [0.5, 0.6) is 5.75 Å². The van der Waals surface area contributed by atoms with Crippen LogP contribution in [0.3, 0.4) is 0 Å². The normalized spacial score (nSPS) is 10.3. The molecule has 0 heterocycles. The highest BCUT2D eigenvalue weighted by molar-refractivity contribution is 9.10. The van der Waals surface area contributed by atoms with Crippen LogP contribution in [0.25, 0.3) is 0 Å². The summed E-state index contributed by atoms with van der Waals surface area (Å²) in [6, 6.07) is 11.1. The number of ether oxygens (including phenoxy) is 1. The lowest BCUT2D eigenvalue weighted by Gasteiger charge is -2.11. The molecule has 110 valence electrons. The fourth-order valence-electron chi connectivity index (χ4n) is 1.96. The predicted octanol–water partition coefficient (Wildman–Crippen LogP) is 4.60. The molecule has 0 radical (unpaired) electrons. The highest BCUT2D eigenvalue weighted by Crippen LogP contribution is 2.29. The largest absolute Gasteiger partial charge is 0.496 e. The minimum atomic E-state index is -0.125. The average Bonchev–Trinajstić information content (AvgIpc) is 2.45. The first kappa shape index (κ1) is 15.9. The molecule has 2 rings (SSSR count). The third-order valence-corrected chi connectivity index (χ3v) is 4.13. The number of amides is 1. The van der Waals surface area contributed by atoms with Gasteiger partial charge in [-0.2, -0.15) is 0 Å². The molecule has 2 aromatic rings. The van der Waals surface area contributed by atoms with Gasteiger partial charge in [-0.25, -0.2) is 0 Å². The lowest BCUT2D eigenvalue weighted by Crippen LogP contribution is -2.15. The zero-order valence-electron chi connectivity index (χ0n) is 11.7. The number of hydrogen-bond donors (Lipinski definition) is 1. The number of benzene rings is 2. The average molecular weight is 369 g/mol. The van der Waals surface area contributed by atoms with Crippen LogP contribution < -0.4 is 10.1 Å². The van der Waals surface area contributed by atoms with Crippen LogP contribution in [-0.2, 0) is 11.2 Å². The molecule has 0 fully saturated rings. The molecule has 0 unspecified atom stereocenters. The summed E-state index contributed by atoms with van der Waals surface area (Å²) >= 11 is 9.51. The summed E-state index contributed by atoms with van der Waals surface area (Å²) in [5.74, 6) is 0.578. The Morgan fingerprint density at radius 2 is 2.05 bits per heavy atom. The number of carbonyl (C=O) groups is 1. The monoisotopic (exact) mass is 367 g/mol. The van der Waals surface area contributed by atoms with Crippen LogP contribution in [-0.4, -0.2) is 13.0 Å². The second kappa shape index (κ2) is 6.96. The standard InChI is InChI=1S/C16H15BrClNO2/c1-10-7-12(17)14(9-13(10)18)19-16(20)8-11-5-3-4-6-15(11)21-2/h3-7,9H,8H2,1-2H3,(H,19,20). The number of rotatable bonds is 4. The minimum absolute atomic E-state index is 0.125. The van der Waals surface area contributed by atoms with Gasteiger partial charge < -0.3 is 10.1 Å². The molecule has 2 aromatic carbocycles. The van der Waals surface area contributed by atoms with E-state index in [9.17, 15) is 4.79 Å². The molecule has 21 heavy (non-hydrogen) atoms. The van der Waals surface area contributed by atoms with Crippen molar-refractivity contribution in [2.24, 2.45) is 0 Å². The van der Waals surface area contributed by atoms with E-state index in [4.69, 9.17) is 16.3 Å². The third-order valence-electron chi connectivity index (χ3n) is 3.07. The Morgan fingerprint density at radius 1 is 1.33 bits per heavy atom. The number of halogens is 2. The van der Waals surface area contributed by atoms with Gasteiger partial charge in [-0.1, -0.05) is 29.8 Å². The zero-order valence-corrected chi connectivity index (χ0v) is 14.1. The number of nitrogens with one attached hydrogen (secondary N) is 1. The Morgan fingerprint density at radius 3 is 2.76 bits per heavy atom. The molecular weight excluding hydrogens is 354 g/mol. The van der Waals surface area contributed by atoms with E-state index in [1.165, 1.54) is 0 Å². The predicted molar refractivity (Wildman–Crippen MR) is 89.2 cm³/mol. The van der Waals surface area contributed by atoms with E-state index in [1.807, 2.05) is 37.3 Å². The van der Waals surface area contributed by atoms with Gasteiger partial charge >= 0.3 is 0 Å². The van der Waals surface area contributed by atoms with Crippen LogP contribution >= 0.6 is 27.5 Å². The van der Waals surface area contributed by atoms with E-state index in [0.29, 0.717) is 16.5 Å². The van der Waals surface area contributed by atoms with Crippen molar-refractivity contribution in [2.75, 3.05) is 12.4 Å². The Labute approximate surface area is 137 Å². The van der Waals surface area contributed by atoms with Gasteiger partial charge in [0.15, 0.2) is 0 Å². The van der Waals surface area contributed by atoms with Gasteiger partial charge in [-0.15, -0.1) is 0 Å². The molecule has 0 saturated carbocycles. The Bertz CT molecular complexity index is 673. The van der Waals surface area contributed by atoms with Crippen molar-refractivity contribution in [1.29, 1.82) is 0 Å². The molecular formula is C16H15BrClNO2. The summed E-state index contributed by atoms with van der Waals surface area (Å²) in [5.41, 5.74) is 2.45. The van der Waals surface area contributed by atoms with Crippen LogP contribution in [0, 0.1) is 6.92 Å². The molecule has 0 aromatic heterocycles. The molecule has 1 N–H and O–H groups in total. The Hall–Kier alpha value is -1.52. The van der Waals surface area contributed by atoms with Crippen molar-refractivity contribution in [3.63, 3.8) is 0 Å². The molecule has 0 aliphatic carbocycles. The zero-order chi connectivity index (χ0) is 15.4. The Balaban J connectivity index is 2.14. The first-order valence-corrected chi connectivity index (χ1v) is 7.55. The smallest absolute Gasteiger partial charge is 0.228 e. The fourth-order valence-corrected chi connectivity index (χ4v) is 2.68. The molecule has 0 saturated heterocycles. The molecule has 0 aliphatic heterocycles. The van der Waals surface area contributed by atoms with E-state index in [2.05, 4.69) is 21.2 Å². The second-order valence-electron chi connectivity index (χ2n) is 4.62. The van der Waals surface area contributed by atoms with Gasteiger partial charge in [0, 0.05) is 15.1 Å². The summed E-state index contributed by atoms with van der Waals surface area (Å²) in [4.78, 5) is 12.2. The van der Waals surface area contributed by atoms with Crippen LogP contribution in [0.2, 0.25) is 5.02 Å². The third kappa shape index (κ3) is 3.99. The van der Waals surface area contributed by atoms with E-state index in [-0.39, 0.29) is 12.3 Å². The summed E-state index contributed by atoms with van der Waals surface area (Å²) in [6.45, 7) is 1.91. The first-order valence-electron chi connectivity index (χ1n) is 6.38. The fraction of sp³-hybridized carbons (Fsp3) is 0.188. The van der Waals surface area contributed by atoms with E-state index in [1.54, 1.807) is 13.2 Å². The van der Waals surface area contributed by atoms with Crippen LogP contribution in [0.4, 0.5) is 5.69 Å². The van der Waals surface area contributed by atoms with Crippen molar-refractivity contribution >= 4 is 39.1 Å². The lowest BCUT2D eigenvalue weighted by atomic mass is 10.1. The van der Waals surface area contributed by atoms with Crippen LogP contribution in [0.1, 0.15) is 11.1 Å². The first-order chi connectivity index (χ1) is 10.0. The number of hydrogen-bond acceptors (Lipinski definition) is 2. The van der Waals surface area contributed by atoms with Gasteiger partial charge in [0.05, 0.1) is 19.2 Å². The van der Waals surface area contributed by atoms with Gasteiger partial charge in [0.25, 0.3) is 0 Å². The van der Waals surface area contributed by atoms with Gasteiger partial charge in [-0.05, 0) is 46.6 Å².